The number of benzene rings is 1. The second-order valence-electron chi connectivity index (χ2n) is 3.34. The first-order chi connectivity index (χ1) is 7.61. The van der Waals surface area contributed by atoms with Gasteiger partial charge >= 0.3 is 0 Å². The van der Waals surface area contributed by atoms with Gasteiger partial charge in [0, 0.05) is 23.1 Å². The van der Waals surface area contributed by atoms with Crippen LogP contribution in [0.15, 0.2) is 22.7 Å². The van der Waals surface area contributed by atoms with Crippen molar-refractivity contribution in [3.63, 3.8) is 0 Å². The van der Waals surface area contributed by atoms with Crippen molar-refractivity contribution >= 4 is 27.5 Å². The molecular formula is C11H12BrN3O. The SMILES string of the molecule is N#Cc1cc(Br)cc(NCCCC(N)=O)c1. The van der Waals surface area contributed by atoms with Crippen LogP contribution in [-0.4, -0.2) is 12.5 Å². The van der Waals surface area contributed by atoms with Gasteiger partial charge in [-0.05, 0) is 24.6 Å². The minimum Gasteiger partial charge on any atom is -0.385 e. The second-order valence-corrected chi connectivity index (χ2v) is 4.25. The molecule has 0 aromatic heterocycles. The summed E-state index contributed by atoms with van der Waals surface area (Å²) in [7, 11) is 0. The number of nitrogens with zero attached hydrogens (tertiary/aromatic N) is 1. The zero-order chi connectivity index (χ0) is 12.0. The molecule has 0 spiro atoms. The lowest BCUT2D eigenvalue weighted by Crippen LogP contribution is -2.12. The predicted octanol–water partition coefficient (Wildman–Crippen LogP) is 2.00. The van der Waals surface area contributed by atoms with E-state index in [0.717, 1.165) is 10.2 Å². The van der Waals surface area contributed by atoms with Crippen LogP contribution in [0.3, 0.4) is 0 Å². The summed E-state index contributed by atoms with van der Waals surface area (Å²) in [5, 5.41) is 11.9. The number of nitriles is 1. The number of nitrogens with one attached hydrogen (secondary N) is 1. The van der Waals surface area contributed by atoms with Crippen LogP contribution < -0.4 is 11.1 Å². The Labute approximate surface area is 103 Å². The highest BCUT2D eigenvalue weighted by Gasteiger charge is 1.99. The minimum absolute atomic E-state index is 0.297. The van der Waals surface area contributed by atoms with E-state index in [1.165, 1.54) is 0 Å². The number of anilines is 1. The third kappa shape index (κ3) is 4.32. The Balaban J connectivity index is 2.51. The molecule has 1 rings (SSSR count). The fourth-order valence-corrected chi connectivity index (χ4v) is 1.74. The van der Waals surface area contributed by atoms with Gasteiger partial charge in [0.15, 0.2) is 0 Å². The standard InChI is InChI=1S/C11H12BrN3O/c12-9-4-8(7-13)5-10(6-9)15-3-1-2-11(14)16/h4-6,15H,1-3H2,(H2,14,16). The van der Waals surface area contributed by atoms with E-state index < -0.39 is 0 Å². The molecular weight excluding hydrogens is 270 g/mol. The van der Waals surface area contributed by atoms with Crippen LogP contribution in [-0.2, 0) is 4.79 Å². The fraction of sp³-hybridized carbons (Fsp3) is 0.273. The molecule has 0 fully saturated rings. The molecule has 1 aromatic carbocycles. The molecule has 3 N–H and O–H groups in total. The highest BCUT2D eigenvalue weighted by molar-refractivity contribution is 9.10. The summed E-state index contributed by atoms with van der Waals surface area (Å²) in [6, 6.07) is 7.46. The summed E-state index contributed by atoms with van der Waals surface area (Å²) < 4.78 is 0.851. The number of hydrogen-bond donors (Lipinski definition) is 2. The molecule has 0 aliphatic heterocycles. The zero-order valence-electron chi connectivity index (χ0n) is 8.66. The molecule has 0 aliphatic carbocycles. The Bertz CT molecular complexity index is 426. The van der Waals surface area contributed by atoms with Crippen molar-refractivity contribution in [3.05, 3.63) is 28.2 Å². The number of halogens is 1. The van der Waals surface area contributed by atoms with Crippen LogP contribution >= 0.6 is 15.9 Å². The Kier molecular flexibility index (Phi) is 4.80. The van der Waals surface area contributed by atoms with Gasteiger partial charge in [-0.15, -0.1) is 0 Å². The van der Waals surface area contributed by atoms with E-state index in [-0.39, 0.29) is 5.91 Å². The lowest BCUT2D eigenvalue weighted by Gasteiger charge is -2.06. The molecule has 16 heavy (non-hydrogen) atoms. The second kappa shape index (κ2) is 6.13. The lowest BCUT2D eigenvalue weighted by molar-refractivity contribution is -0.118. The van der Waals surface area contributed by atoms with E-state index in [9.17, 15) is 4.79 Å². The third-order valence-corrected chi connectivity index (χ3v) is 2.41. The molecule has 1 aromatic rings. The summed E-state index contributed by atoms with van der Waals surface area (Å²) in [5.41, 5.74) is 6.47. The lowest BCUT2D eigenvalue weighted by atomic mass is 10.2. The van der Waals surface area contributed by atoms with Gasteiger partial charge in [0.2, 0.25) is 5.91 Å². The summed E-state index contributed by atoms with van der Waals surface area (Å²) in [5.74, 6) is -0.297. The Morgan fingerprint density at radius 3 is 2.88 bits per heavy atom. The van der Waals surface area contributed by atoms with Gasteiger partial charge in [-0.2, -0.15) is 5.26 Å². The smallest absolute Gasteiger partial charge is 0.217 e. The molecule has 0 atom stereocenters. The van der Waals surface area contributed by atoms with Crippen molar-refractivity contribution in [2.75, 3.05) is 11.9 Å². The first-order valence-electron chi connectivity index (χ1n) is 4.84. The molecule has 0 unspecified atom stereocenters. The number of carbonyl (C=O) groups excluding carboxylic acids is 1. The molecule has 0 aliphatic rings. The summed E-state index contributed by atoms with van der Waals surface area (Å²) in [6.07, 6.45) is 1.05. The topological polar surface area (TPSA) is 78.9 Å². The first-order valence-corrected chi connectivity index (χ1v) is 5.64. The van der Waals surface area contributed by atoms with Crippen LogP contribution in [0.4, 0.5) is 5.69 Å². The van der Waals surface area contributed by atoms with Gasteiger partial charge in [0.05, 0.1) is 11.6 Å². The van der Waals surface area contributed by atoms with E-state index in [1.54, 1.807) is 12.1 Å². The number of nitrogens with two attached hydrogens (primary N) is 1. The highest BCUT2D eigenvalue weighted by atomic mass is 79.9. The minimum atomic E-state index is -0.297. The third-order valence-electron chi connectivity index (χ3n) is 1.96. The maximum atomic E-state index is 10.5. The van der Waals surface area contributed by atoms with E-state index in [4.69, 9.17) is 11.0 Å². The summed E-state index contributed by atoms with van der Waals surface area (Å²) in [4.78, 5) is 10.5. The van der Waals surface area contributed by atoms with Gasteiger partial charge in [-0.1, -0.05) is 15.9 Å². The number of amides is 1. The normalized spacial score (nSPS) is 9.50. The molecule has 4 nitrogen and oxygen atoms in total. The number of hydrogen-bond acceptors (Lipinski definition) is 3. The Morgan fingerprint density at radius 2 is 2.25 bits per heavy atom. The maximum absolute atomic E-state index is 10.5. The van der Waals surface area contributed by atoms with Crippen LogP contribution in [0.5, 0.6) is 0 Å². The van der Waals surface area contributed by atoms with Crippen LogP contribution in [0.25, 0.3) is 0 Å². The summed E-state index contributed by atoms with van der Waals surface area (Å²) >= 11 is 3.32. The Hall–Kier alpha value is -1.54. The van der Waals surface area contributed by atoms with E-state index in [0.29, 0.717) is 24.9 Å². The molecule has 0 radical (unpaired) electrons. The van der Waals surface area contributed by atoms with Crippen LogP contribution in [0.2, 0.25) is 0 Å². The van der Waals surface area contributed by atoms with E-state index >= 15 is 0 Å². The number of primary amides is 1. The number of rotatable bonds is 5. The largest absolute Gasteiger partial charge is 0.385 e. The Morgan fingerprint density at radius 1 is 1.50 bits per heavy atom. The van der Waals surface area contributed by atoms with E-state index in [1.807, 2.05) is 6.07 Å². The van der Waals surface area contributed by atoms with Crippen molar-refractivity contribution in [3.8, 4) is 6.07 Å². The summed E-state index contributed by atoms with van der Waals surface area (Å²) in [6.45, 7) is 0.657. The molecule has 0 heterocycles. The monoisotopic (exact) mass is 281 g/mol. The van der Waals surface area contributed by atoms with Crippen LogP contribution in [0.1, 0.15) is 18.4 Å². The average Bonchev–Trinajstić information content (AvgIpc) is 2.23. The zero-order valence-corrected chi connectivity index (χ0v) is 10.3. The van der Waals surface area contributed by atoms with Crippen molar-refractivity contribution in [1.29, 1.82) is 5.26 Å². The van der Waals surface area contributed by atoms with Crippen molar-refractivity contribution in [2.24, 2.45) is 5.73 Å². The van der Waals surface area contributed by atoms with Crippen molar-refractivity contribution < 1.29 is 4.79 Å². The predicted molar refractivity (Wildman–Crippen MR) is 65.8 cm³/mol. The van der Waals surface area contributed by atoms with Crippen molar-refractivity contribution in [1.82, 2.24) is 0 Å². The molecule has 84 valence electrons. The van der Waals surface area contributed by atoms with Crippen molar-refractivity contribution in [2.45, 2.75) is 12.8 Å². The van der Waals surface area contributed by atoms with E-state index in [2.05, 4.69) is 27.3 Å². The van der Waals surface area contributed by atoms with Gasteiger partial charge in [-0.25, -0.2) is 0 Å². The maximum Gasteiger partial charge on any atom is 0.217 e. The van der Waals surface area contributed by atoms with Gasteiger partial charge < -0.3 is 11.1 Å². The molecule has 0 saturated heterocycles. The van der Waals surface area contributed by atoms with Crippen LogP contribution in [0, 0.1) is 11.3 Å². The van der Waals surface area contributed by atoms with Gasteiger partial charge in [0.25, 0.3) is 0 Å². The first kappa shape index (κ1) is 12.5. The molecule has 1 amide bonds. The molecule has 0 saturated carbocycles. The van der Waals surface area contributed by atoms with Gasteiger partial charge in [0.1, 0.15) is 0 Å². The fourth-order valence-electron chi connectivity index (χ4n) is 1.25. The average molecular weight is 282 g/mol. The molecule has 5 heteroatoms. The quantitative estimate of drug-likeness (QED) is 0.811. The number of carbonyl (C=O) groups is 1. The molecule has 0 bridgehead atoms. The highest BCUT2D eigenvalue weighted by Crippen LogP contribution is 2.19. The van der Waals surface area contributed by atoms with Gasteiger partial charge in [-0.3, -0.25) is 4.79 Å².